The monoisotopic (exact) mass is 298 g/mol. The first-order valence-corrected chi connectivity index (χ1v) is 6.60. The van der Waals surface area contributed by atoms with Crippen molar-refractivity contribution in [3.63, 3.8) is 0 Å². The van der Waals surface area contributed by atoms with Crippen molar-refractivity contribution in [1.29, 1.82) is 5.26 Å². The minimum absolute atomic E-state index is 0.0412. The van der Waals surface area contributed by atoms with Crippen molar-refractivity contribution in [3.8, 4) is 6.07 Å². The van der Waals surface area contributed by atoms with Crippen LogP contribution < -0.4 is 5.32 Å². The third kappa shape index (κ3) is 3.54. The van der Waals surface area contributed by atoms with Gasteiger partial charge in [0.1, 0.15) is 5.41 Å². The van der Waals surface area contributed by atoms with Crippen molar-refractivity contribution >= 4 is 11.6 Å². The number of rotatable bonds is 4. The number of benzene rings is 1. The molecule has 1 aromatic rings. The highest BCUT2D eigenvalue weighted by molar-refractivity contribution is 5.97. The second-order valence-electron chi connectivity index (χ2n) is 4.88. The number of nitrogens with one attached hydrogen (secondary N) is 1. The Kier molecular flexibility index (Phi) is 5.00. The van der Waals surface area contributed by atoms with E-state index in [-0.39, 0.29) is 11.3 Å². The van der Waals surface area contributed by atoms with Gasteiger partial charge in [0, 0.05) is 5.69 Å². The summed E-state index contributed by atoms with van der Waals surface area (Å²) >= 11 is 0. The fourth-order valence-electron chi connectivity index (χ4n) is 2.04. The van der Waals surface area contributed by atoms with Crippen LogP contribution in [-0.2, 0) is 11.0 Å². The van der Waals surface area contributed by atoms with Gasteiger partial charge in [-0.2, -0.15) is 18.4 Å². The van der Waals surface area contributed by atoms with Crippen LogP contribution in [0.4, 0.5) is 18.9 Å². The number of nitriles is 1. The van der Waals surface area contributed by atoms with Gasteiger partial charge in [-0.3, -0.25) is 4.79 Å². The van der Waals surface area contributed by atoms with Crippen molar-refractivity contribution in [2.45, 2.75) is 39.8 Å². The van der Waals surface area contributed by atoms with Gasteiger partial charge in [0.05, 0.1) is 11.6 Å². The lowest BCUT2D eigenvalue weighted by Crippen LogP contribution is -2.34. The van der Waals surface area contributed by atoms with Crippen LogP contribution in [0.1, 0.15) is 37.8 Å². The summed E-state index contributed by atoms with van der Waals surface area (Å²) in [6, 6.07) is 5.54. The van der Waals surface area contributed by atoms with Gasteiger partial charge >= 0.3 is 6.18 Å². The van der Waals surface area contributed by atoms with Crippen LogP contribution in [0, 0.1) is 23.7 Å². The molecule has 0 aliphatic carbocycles. The summed E-state index contributed by atoms with van der Waals surface area (Å²) < 4.78 is 38.5. The van der Waals surface area contributed by atoms with Gasteiger partial charge in [-0.25, -0.2) is 0 Å². The minimum Gasteiger partial charge on any atom is -0.325 e. The first-order chi connectivity index (χ1) is 9.70. The Balaban J connectivity index is 3.10. The fraction of sp³-hybridized carbons (Fsp3) is 0.467. The number of hydrogen-bond acceptors (Lipinski definition) is 2. The van der Waals surface area contributed by atoms with E-state index in [9.17, 15) is 18.0 Å². The molecule has 1 rings (SSSR count). The lowest BCUT2D eigenvalue weighted by Gasteiger charge is -2.22. The van der Waals surface area contributed by atoms with Gasteiger partial charge in [-0.05, 0) is 37.5 Å². The molecule has 0 unspecified atom stereocenters. The standard InChI is InChI=1S/C15H17F3N2O/c1-4-14(5-2,9-19)13(21)20-11-7-6-10(3)12(8-11)15(16,17)18/h6-8H,4-5H2,1-3H3,(H,20,21). The molecule has 0 heterocycles. The predicted octanol–water partition coefficient (Wildman–Crippen LogP) is 4.28. The molecular weight excluding hydrogens is 281 g/mol. The number of alkyl halides is 3. The topological polar surface area (TPSA) is 52.9 Å². The third-order valence-corrected chi connectivity index (χ3v) is 3.66. The van der Waals surface area contributed by atoms with E-state index in [0.717, 1.165) is 6.07 Å². The molecule has 1 aromatic carbocycles. The highest BCUT2D eigenvalue weighted by Crippen LogP contribution is 2.34. The highest BCUT2D eigenvalue weighted by atomic mass is 19.4. The van der Waals surface area contributed by atoms with Gasteiger partial charge in [-0.1, -0.05) is 19.9 Å². The van der Waals surface area contributed by atoms with Crippen LogP contribution in [0.5, 0.6) is 0 Å². The Hall–Kier alpha value is -2.03. The van der Waals surface area contributed by atoms with E-state index in [2.05, 4.69) is 5.32 Å². The van der Waals surface area contributed by atoms with E-state index in [1.807, 2.05) is 6.07 Å². The van der Waals surface area contributed by atoms with E-state index in [1.165, 1.54) is 19.1 Å². The Morgan fingerprint density at radius 3 is 2.29 bits per heavy atom. The highest BCUT2D eigenvalue weighted by Gasteiger charge is 2.36. The third-order valence-electron chi connectivity index (χ3n) is 3.66. The van der Waals surface area contributed by atoms with Crippen molar-refractivity contribution in [2.24, 2.45) is 5.41 Å². The molecule has 6 heteroatoms. The fourth-order valence-corrected chi connectivity index (χ4v) is 2.04. The zero-order valence-corrected chi connectivity index (χ0v) is 12.1. The Morgan fingerprint density at radius 2 is 1.86 bits per heavy atom. The molecule has 0 spiro atoms. The molecule has 0 fully saturated rings. The maximum Gasteiger partial charge on any atom is 0.416 e. The van der Waals surface area contributed by atoms with E-state index in [4.69, 9.17) is 5.26 Å². The number of halogens is 3. The quantitative estimate of drug-likeness (QED) is 0.902. The van der Waals surface area contributed by atoms with Crippen molar-refractivity contribution in [2.75, 3.05) is 5.32 Å². The van der Waals surface area contributed by atoms with Crippen LogP contribution in [0.15, 0.2) is 18.2 Å². The molecule has 0 aliphatic heterocycles. The summed E-state index contributed by atoms with van der Waals surface area (Å²) in [5, 5.41) is 11.6. The first kappa shape index (κ1) is 17.0. The first-order valence-electron chi connectivity index (χ1n) is 6.60. The van der Waals surface area contributed by atoms with E-state index in [0.29, 0.717) is 12.8 Å². The predicted molar refractivity (Wildman–Crippen MR) is 73.4 cm³/mol. The number of nitrogens with zero attached hydrogens (tertiary/aromatic N) is 1. The number of carbonyl (C=O) groups excluding carboxylic acids is 1. The van der Waals surface area contributed by atoms with E-state index in [1.54, 1.807) is 13.8 Å². The molecule has 21 heavy (non-hydrogen) atoms. The van der Waals surface area contributed by atoms with E-state index < -0.39 is 23.1 Å². The van der Waals surface area contributed by atoms with Crippen LogP contribution >= 0.6 is 0 Å². The summed E-state index contributed by atoms with van der Waals surface area (Å²) in [7, 11) is 0. The maximum atomic E-state index is 12.8. The Labute approximate surface area is 121 Å². The number of amides is 1. The van der Waals surface area contributed by atoms with Gasteiger partial charge < -0.3 is 5.32 Å². The van der Waals surface area contributed by atoms with Gasteiger partial charge in [0.2, 0.25) is 5.91 Å². The Bertz CT molecular complexity index is 569. The van der Waals surface area contributed by atoms with E-state index >= 15 is 0 Å². The lowest BCUT2D eigenvalue weighted by atomic mass is 9.83. The molecule has 114 valence electrons. The van der Waals surface area contributed by atoms with Crippen LogP contribution in [0.3, 0.4) is 0 Å². The van der Waals surface area contributed by atoms with Gasteiger partial charge in [0.25, 0.3) is 0 Å². The molecule has 0 atom stereocenters. The van der Waals surface area contributed by atoms with Crippen molar-refractivity contribution in [1.82, 2.24) is 0 Å². The molecule has 0 radical (unpaired) electrons. The maximum absolute atomic E-state index is 12.8. The van der Waals surface area contributed by atoms with Crippen molar-refractivity contribution in [3.05, 3.63) is 29.3 Å². The molecular formula is C15H17F3N2O. The summed E-state index contributed by atoms with van der Waals surface area (Å²) in [4.78, 5) is 12.2. The minimum atomic E-state index is -4.48. The molecule has 0 bridgehead atoms. The largest absolute Gasteiger partial charge is 0.416 e. The average molecular weight is 298 g/mol. The summed E-state index contributed by atoms with van der Waals surface area (Å²) in [6.07, 6.45) is -3.89. The number of hydrogen-bond donors (Lipinski definition) is 1. The smallest absolute Gasteiger partial charge is 0.325 e. The molecule has 1 amide bonds. The van der Waals surface area contributed by atoms with Crippen LogP contribution in [0.25, 0.3) is 0 Å². The zero-order chi connectivity index (χ0) is 16.3. The summed E-state index contributed by atoms with van der Waals surface area (Å²) in [6.45, 7) is 4.75. The van der Waals surface area contributed by atoms with Crippen molar-refractivity contribution < 1.29 is 18.0 Å². The second kappa shape index (κ2) is 6.17. The molecule has 3 nitrogen and oxygen atoms in total. The van der Waals surface area contributed by atoms with Gasteiger partial charge in [0.15, 0.2) is 0 Å². The normalized spacial score (nSPS) is 11.9. The summed E-state index contributed by atoms with van der Waals surface area (Å²) in [5.41, 5.74) is -1.89. The molecule has 1 N–H and O–H groups in total. The summed E-state index contributed by atoms with van der Waals surface area (Å²) in [5.74, 6) is -0.577. The van der Waals surface area contributed by atoms with Crippen LogP contribution in [0.2, 0.25) is 0 Å². The molecule has 0 aliphatic rings. The molecule has 0 aromatic heterocycles. The zero-order valence-electron chi connectivity index (χ0n) is 12.1. The number of aryl methyl sites for hydroxylation is 1. The average Bonchev–Trinajstić information content (AvgIpc) is 2.42. The van der Waals surface area contributed by atoms with Crippen LogP contribution in [-0.4, -0.2) is 5.91 Å². The molecule has 0 saturated heterocycles. The SMILES string of the molecule is CCC(C#N)(CC)C(=O)Nc1ccc(C)c(C(F)(F)F)c1. The number of anilines is 1. The number of carbonyl (C=O) groups is 1. The molecule has 0 saturated carbocycles. The Morgan fingerprint density at radius 1 is 1.29 bits per heavy atom. The lowest BCUT2D eigenvalue weighted by molar-refractivity contribution is -0.138. The van der Waals surface area contributed by atoms with Gasteiger partial charge in [-0.15, -0.1) is 0 Å². The second-order valence-corrected chi connectivity index (χ2v) is 4.88.